The second kappa shape index (κ2) is 5.40. The van der Waals surface area contributed by atoms with Gasteiger partial charge in [-0.25, -0.2) is 0 Å². The number of nitrogens with zero attached hydrogens (tertiary/aromatic N) is 1. The maximum atomic E-state index is 11.4. The largest absolute Gasteiger partial charge is 0.468 e. The van der Waals surface area contributed by atoms with Crippen molar-refractivity contribution >= 4 is 11.7 Å². The van der Waals surface area contributed by atoms with E-state index in [1.807, 2.05) is 12.1 Å². The van der Waals surface area contributed by atoms with Crippen LogP contribution in [0.15, 0.2) is 24.3 Å². The van der Waals surface area contributed by atoms with Gasteiger partial charge >= 0.3 is 5.97 Å². The van der Waals surface area contributed by atoms with E-state index in [4.69, 9.17) is 5.73 Å². The van der Waals surface area contributed by atoms with Crippen molar-refractivity contribution < 1.29 is 9.53 Å². The fraction of sp³-hybridized carbons (Fsp3) is 0.500. The fourth-order valence-corrected chi connectivity index (χ4v) is 2.48. The van der Waals surface area contributed by atoms with Crippen molar-refractivity contribution in [1.29, 1.82) is 0 Å². The molecule has 2 rings (SSSR count). The number of methoxy groups -OCH3 is 1. The molecule has 0 amide bonds. The van der Waals surface area contributed by atoms with Crippen molar-refractivity contribution in [3.8, 4) is 0 Å². The molecule has 0 saturated carbocycles. The summed E-state index contributed by atoms with van der Waals surface area (Å²) in [7, 11) is 1.37. The maximum absolute atomic E-state index is 11.4. The zero-order valence-electron chi connectivity index (χ0n) is 10.9. The molecule has 0 aromatic heterocycles. The van der Waals surface area contributed by atoms with Crippen molar-refractivity contribution in [2.45, 2.75) is 31.8 Å². The predicted molar refractivity (Wildman–Crippen MR) is 71.6 cm³/mol. The number of ether oxygens (including phenoxy) is 1. The van der Waals surface area contributed by atoms with Gasteiger partial charge in [0.2, 0.25) is 0 Å². The van der Waals surface area contributed by atoms with Crippen LogP contribution in [0.3, 0.4) is 0 Å². The van der Waals surface area contributed by atoms with E-state index < -0.39 is 6.04 Å². The molecular formula is C14H20N2O2. The van der Waals surface area contributed by atoms with Gasteiger partial charge in [0, 0.05) is 18.3 Å². The molecule has 2 unspecified atom stereocenters. The average molecular weight is 248 g/mol. The number of hydrogen-bond donors (Lipinski definition) is 1. The first-order chi connectivity index (χ1) is 8.63. The third-order valence-corrected chi connectivity index (χ3v) is 3.56. The number of fused-ring (bicyclic) bond motifs is 1. The highest BCUT2D eigenvalue weighted by Gasteiger charge is 2.26. The van der Waals surface area contributed by atoms with Gasteiger partial charge in [0.05, 0.1) is 7.11 Å². The summed E-state index contributed by atoms with van der Waals surface area (Å²) in [5.74, 6) is -0.356. The molecule has 1 aromatic carbocycles. The Morgan fingerprint density at radius 1 is 1.56 bits per heavy atom. The topological polar surface area (TPSA) is 55.6 Å². The van der Waals surface area contributed by atoms with Gasteiger partial charge < -0.3 is 15.4 Å². The van der Waals surface area contributed by atoms with Crippen LogP contribution in [0.25, 0.3) is 0 Å². The van der Waals surface area contributed by atoms with E-state index in [1.165, 1.54) is 18.4 Å². The van der Waals surface area contributed by atoms with Gasteiger partial charge in [-0.2, -0.15) is 0 Å². The van der Waals surface area contributed by atoms with Crippen LogP contribution in [-0.4, -0.2) is 31.7 Å². The highest BCUT2D eigenvalue weighted by molar-refractivity contribution is 5.76. The lowest BCUT2D eigenvalue weighted by atomic mass is 9.96. The van der Waals surface area contributed by atoms with E-state index in [-0.39, 0.29) is 5.97 Å². The minimum Gasteiger partial charge on any atom is -0.468 e. The smallest absolute Gasteiger partial charge is 0.324 e. The highest BCUT2D eigenvalue weighted by Crippen LogP contribution is 2.30. The molecule has 0 radical (unpaired) electrons. The molecule has 1 aliphatic rings. The van der Waals surface area contributed by atoms with Crippen molar-refractivity contribution in [3.63, 3.8) is 0 Å². The van der Waals surface area contributed by atoms with Crippen LogP contribution < -0.4 is 10.6 Å². The van der Waals surface area contributed by atoms with Gasteiger partial charge in [0.1, 0.15) is 6.04 Å². The molecule has 0 fully saturated rings. The fourth-order valence-electron chi connectivity index (χ4n) is 2.48. The van der Waals surface area contributed by atoms with Crippen LogP contribution in [0.5, 0.6) is 0 Å². The van der Waals surface area contributed by atoms with E-state index in [0.29, 0.717) is 12.6 Å². The number of carbonyl (C=O) groups excluding carboxylic acids is 1. The Morgan fingerprint density at radius 3 is 3.00 bits per heavy atom. The van der Waals surface area contributed by atoms with Gasteiger partial charge in [-0.1, -0.05) is 18.2 Å². The predicted octanol–water partition coefficient (Wildman–Crippen LogP) is 1.33. The van der Waals surface area contributed by atoms with Crippen LogP contribution in [-0.2, 0) is 16.0 Å². The van der Waals surface area contributed by atoms with Crippen LogP contribution in [0.2, 0.25) is 0 Å². The van der Waals surface area contributed by atoms with E-state index in [0.717, 1.165) is 12.8 Å². The Balaban J connectivity index is 2.19. The minimum absolute atomic E-state index is 0.356. The molecule has 18 heavy (non-hydrogen) atoms. The summed E-state index contributed by atoms with van der Waals surface area (Å²) in [6.45, 7) is 2.67. The Morgan fingerprint density at radius 2 is 2.28 bits per heavy atom. The molecular weight excluding hydrogens is 228 g/mol. The molecule has 1 aromatic rings. The molecule has 1 heterocycles. The first kappa shape index (κ1) is 12.9. The zero-order valence-corrected chi connectivity index (χ0v) is 10.9. The SMILES string of the molecule is COC(=O)C(N)CN1c2ccccc2CCC1C. The molecule has 0 saturated heterocycles. The summed E-state index contributed by atoms with van der Waals surface area (Å²) < 4.78 is 4.69. The van der Waals surface area contributed by atoms with E-state index in [1.54, 1.807) is 0 Å². The van der Waals surface area contributed by atoms with Crippen LogP contribution >= 0.6 is 0 Å². The molecule has 4 nitrogen and oxygen atoms in total. The lowest BCUT2D eigenvalue weighted by molar-refractivity contribution is -0.141. The Hall–Kier alpha value is -1.55. The Labute approximate surface area is 108 Å². The van der Waals surface area contributed by atoms with Gasteiger partial charge in [0.25, 0.3) is 0 Å². The first-order valence-electron chi connectivity index (χ1n) is 6.31. The second-order valence-corrected chi connectivity index (χ2v) is 4.80. The average Bonchev–Trinajstić information content (AvgIpc) is 2.41. The lowest BCUT2D eigenvalue weighted by Crippen LogP contribution is -2.48. The summed E-state index contributed by atoms with van der Waals surface area (Å²) in [6.07, 6.45) is 2.17. The van der Waals surface area contributed by atoms with Crippen molar-refractivity contribution in [1.82, 2.24) is 0 Å². The number of anilines is 1. The number of rotatable bonds is 3. The van der Waals surface area contributed by atoms with E-state index in [9.17, 15) is 4.79 Å². The molecule has 0 spiro atoms. The zero-order chi connectivity index (χ0) is 13.1. The molecule has 4 heteroatoms. The molecule has 1 aliphatic heterocycles. The first-order valence-corrected chi connectivity index (χ1v) is 6.31. The Kier molecular flexibility index (Phi) is 3.87. The summed E-state index contributed by atoms with van der Waals surface area (Å²) in [5.41, 5.74) is 8.38. The van der Waals surface area contributed by atoms with Gasteiger partial charge in [-0.05, 0) is 31.4 Å². The molecule has 2 N–H and O–H groups in total. The summed E-state index contributed by atoms with van der Waals surface area (Å²) in [5, 5.41) is 0. The molecule has 0 bridgehead atoms. The minimum atomic E-state index is -0.594. The van der Waals surface area contributed by atoms with Crippen LogP contribution in [0.4, 0.5) is 5.69 Å². The number of hydrogen-bond acceptors (Lipinski definition) is 4. The van der Waals surface area contributed by atoms with Gasteiger partial charge in [0.15, 0.2) is 0 Å². The monoisotopic (exact) mass is 248 g/mol. The number of nitrogens with two attached hydrogens (primary N) is 1. The van der Waals surface area contributed by atoms with Crippen LogP contribution in [0.1, 0.15) is 18.9 Å². The van der Waals surface area contributed by atoms with Gasteiger partial charge in [-0.15, -0.1) is 0 Å². The third-order valence-electron chi connectivity index (χ3n) is 3.56. The third kappa shape index (κ3) is 2.48. The number of aryl methyl sites for hydroxylation is 1. The quantitative estimate of drug-likeness (QED) is 0.820. The number of benzene rings is 1. The Bertz CT molecular complexity index is 434. The maximum Gasteiger partial charge on any atom is 0.324 e. The van der Waals surface area contributed by atoms with Crippen molar-refractivity contribution in [2.75, 3.05) is 18.6 Å². The van der Waals surface area contributed by atoms with Crippen LogP contribution in [0, 0.1) is 0 Å². The molecule has 0 aliphatic carbocycles. The normalized spacial score (nSPS) is 20.2. The standard InChI is InChI=1S/C14H20N2O2/c1-10-7-8-11-5-3-4-6-13(11)16(10)9-12(15)14(17)18-2/h3-6,10,12H,7-9,15H2,1-2H3. The van der Waals surface area contributed by atoms with E-state index in [2.05, 4.69) is 28.7 Å². The number of carbonyl (C=O) groups is 1. The molecule has 98 valence electrons. The second-order valence-electron chi connectivity index (χ2n) is 4.80. The van der Waals surface area contributed by atoms with Gasteiger partial charge in [-0.3, -0.25) is 4.79 Å². The van der Waals surface area contributed by atoms with Crippen molar-refractivity contribution in [2.24, 2.45) is 5.73 Å². The number of para-hydroxylation sites is 1. The summed E-state index contributed by atoms with van der Waals surface area (Å²) >= 11 is 0. The lowest BCUT2D eigenvalue weighted by Gasteiger charge is -2.38. The molecule has 2 atom stereocenters. The summed E-state index contributed by atoms with van der Waals surface area (Å²) in [4.78, 5) is 13.6. The highest BCUT2D eigenvalue weighted by atomic mass is 16.5. The van der Waals surface area contributed by atoms with Crippen molar-refractivity contribution in [3.05, 3.63) is 29.8 Å². The van der Waals surface area contributed by atoms with E-state index >= 15 is 0 Å². The summed E-state index contributed by atoms with van der Waals surface area (Å²) in [6, 6.07) is 8.10. The number of esters is 1.